The molecule has 0 aliphatic heterocycles. The van der Waals surface area contributed by atoms with Gasteiger partial charge >= 0.3 is 11.9 Å². The van der Waals surface area contributed by atoms with Crippen LogP contribution in [-0.2, 0) is 19.1 Å². The monoisotopic (exact) mass is 290 g/mol. The minimum absolute atomic E-state index is 0.183. The molecule has 0 radical (unpaired) electrons. The topological polar surface area (TPSA) is 52.6 Å². The summed E-state index contributed by atoms with van der Waals surface area (Å²) < 4.78 is 10.1. The Morgan fingerprint density at radius 1 is 1.24 bits per heavy atom. The van der Waals surface area contributed by atoms with E-state index in [1.165, 1.54) is 14.2 Å². The van der Waals surface area contributed by atoms with Gasteiger partial charge in [0.25, 0.3) is 0 Å². The number of allylic oxidation sites excluding steroid dienone is 2. The summed E-state index contributed by atoms with van der Waals surface area (Å²) in [5.41, 5.74) is 0.924. The quantitative estimate of drug-likeness (QED) is 0.591. The zero-order valence-corrected chi connectivity index (χ0v) is 12.6. The summed E-state index contributed by atoms with van der Waals surface area (Å²) in [6, 6.07) is 0. The van der Waals surface area contributed by atoms with Crippen molar-refractivity contribution in [2.75, 3.05) is 14.2 Å². The highest BCUT2D eigenvalue weighted by Gasteiger charge is 2.72. The summed E-state index contributed by atoms with van der Waals surface area (Å²) in [4.78, 5) is 24.7. The number of carbonyl (C=O) groups is 2. The Hall–Kier alpha value is -1.32. The van der Waals surface area contributed by atoms with Crippen molar-refractivity contribution < 1.29 is 19.1 Å². The molecular weight excluding hydrogens is 268 g/mol. The first-order chi connectivity index (χ1) is 10.1. The lowest BCUT2D eigenvalue weighted by Gasteiger charge is -2.43. The van der Waals surface area contributed by atoms with Crippen LogP contribution in [0.1, 0.15) is 32.1 Å². The average molecular weight is 290 g/mol. The molecule has 6 unspecified atom stereocenters. The summed E-state index contributed by atoms with van der Waals surface area (Å²) in [6.07, 6.45) is 6.93. The number of ether oxygens (including phenoxy) is 2. The molecule has 0 N–H and O–H groups in total. The van der Waals surface area contributed by atoms with Crippen LogP contribution < -0.4 is 0 Å². The third kappa shape index (κ3) is 1.46. The van der Waals surface area contributed by atoms with Crippen LogP contribution in [0.3, 0.4) is 0 Å². The zero-order valence-electron chi connectivity index (χ0n) is 12.6. The molecule has 114 valence electrons. The van der Waals surface area contributed by atoms with Crippen molar-refractivity contribution in [3.8, 4) is 0 Å². The molecule has 4 rings (SSSR count). The van der Waals surface area contributed by atoms with Crippen LogP contribution >= 0.6 is 0 Å². The average Bonchev–Trinajstić information content (AvgIpc) is 3.14. The van der Waals surface area contributed by atoms with Crippen molar-refractivity contribution in [3.63, 3.8) is 0 Å². The van der Waals surface area contributed by atoms with Crippen LogP contribution in [0.15, 0.2) is 11.6 Å². The minimum Gasteiger partial charge on any atom is -0.469 e. The normalized spacial score (nSPS) is 45.4. The lowest BCUT2D eigenvalue weighted by molar-refractivity contribution is -0.169. The van der Waals surface area contributed by atoms with Gasteiger partial charge in [0.2, 0.25) is 0 Å². The van der Waals surface area contributed by atoms with Crippen LogP contribution in [0.2, 0.25) is 0 Å². The van der Waals surface area contributed by atoms with Gasteiger partial charge in [0.05, 0.1) is 26.1 Å². The van der Waals surface area contributed by atoms with Gasteiger partial charge in [-0.2, -0.15) is 0 Å². The van der Waals surface area contributed by atoms with Gasteiger partial charge in [-0.1, -0.05) is 11.6 Å². The molecule has 21 heavy (non-hydrogen) atoms. The van der Waals surface area contributed by atoms with Crippen molar-refractivity contribution in [3.05, 3.63) is 11.6 Å². The van der Waals surface area contributed by atoms with Crippen LogP contribution in [-0.4, -0.2) is 26.2 Å². The fraction of sp³-hybridized carbons (Fsp3) is 0.765. The Morgan fingerprint density at radius 3 is 2.76 bits per heavy atom. The van der Waals surface area contributed by atoms with E-state index in [0.717, 1.165) is 25.7 Å². The Morgan fingerprint density at radius 2 is 2.05 bits per heavy atom. The number of methoxy groups -OCH3 is 2. The third-order valence-corrected chi connectivity index (χ3v) is 6.83. The molecule has 6 atom stereocenters. The first-order valence-corrected chi connectivity index (χ1v) is 7.97. The van der Waals surface area contributed by atoms with Gasteiger partial charge in [-0.3, -0.25) is 9.59 Å². The van der Waals surface area contributed by atoms with Crippen LogP contribution in [0.25, 0.3) is 0 Å². The Kier molecular flexibility index (Phi) is 2.76. The molecule has 0 aromatic rings. The molecule has 4 nitrogen and oxygen atoms in total. The summed E-state index contributed by atoms with van der Waals surface area (Å²) in [5.74, 6) is 1.95. The molecule has 4 heteroatoms. The highest BCUT2D eigenvalue weighted by Crippen LogP contribution is 2.74. The molecule has 0 aromatic heterocycles. The maximum absolute atomic E-state index is 12.7. The van der Waals surface area contributed by atoms with Crippen LogP contribution in [0.4, 0.5) is 0 Å². The van der Waals surface area contributed by atoms with Crippen molar-refractivity contribution in [1.82, 2.24) is 0 Å². The molecule has 0 heterocycles. The molecule has 3 fully saturated rings. The third-order valence-electron chi connectivity index (χ3n) is 6.83. The Labute approximate surface area is 124 Å². The molecule has 0 amide bonds. The SMILES string of the molecule is COC(=O)CC1(C(=O)OC)C2CC3=CCCC4C3C2CC41. The van der Waals surface area contributed by atoms with E-state index in [2.05, 4.69) is 6.08 Å². The molecule has 0 saturated heterocycles. The number of esters is 2. The van der Waals surface area contributed by atoms with Gasteiger partial charge in [0.15, 0.2) is 0 Å². The fourth-order valence-electron chi connectivity index (χ4n) is 6.32. The van der Waals surface area contributed by atoms with Crippen molar-refractivity contribution in [2.45, 2.75) is 32.1 Å². The highest BCUT2D eigenvalue weighted by molar-refractivity contribution is 5.85. The summed E-state index contributed by atoms with van der Waals surface area (Å²) in [6.45, 7) is 0. The molecule has 4 aliphatic rings. The molecule has 0 aromatic carbocycles. The van der Waals surface area contributed by atoms with Gasteiger partial charge in [0, 0.05) is 0 Å². The Bertz CT molecular complexity index is 537. The largest absolute Gasteiger partial charge is 0.469 e. The van der Waals surface area contributed by atoms with Crippen molar-refractivity contribution in [2.24, 2.45) is 35.0 Å². The standard InChI is InChI=1S/C17H22O4/c1-20-14(18)8-17(16(19)21-2)12-6-9-4-3-5-10-13(17)7-11(12)15(9)10/h4,10-13,15H,3,5-8H2,1-2H3. The summed E-state index contributed by atoms with van der Waals surface area (Å²) in [7, 11) is 2.85. The van der Waals surface area contributed by atoms with Crippen LogP contribution in [0.5, 0.6) is 0 Å². The first kappa shape index (κ1) is 13.4. The van der Waals surface area contributed by atoms with Gasteiger partial charge in [-0.25, -0.2) is 0 Å². The van der Waals surface area contributed by atoms with E-state index >= 15 is 0 Å². The number of hydrogen-bond acceptors (Lipinski definition) is 4. The number of carbonyl (C=O) groups excluding carboxylic acids is 2. The summed E-state index contributed by atoms with van der Waals surface area (Å²) in [5, 5.41) is 0. The smallest absolute Gasteiger partial charge is 0.312 e. The second-order valence-electron chi connectivity index (χ2n) is 7.15. The predicted octanol–water partition coefficient (Wildman–Crippen LogP) is 2.33. The van der Waals surface area contributed by atoms with Gasteiger partial charge in [-0.15, -0.1) is 0 Å². The van der Waals surface area contributed by atoms with E-state index < -0.39 is 5.41 Å². The van der Waals surface area contributed by atoms with Gasteiger partial charge in [0.1, 0.15) is 0 Å². The molecule has 0 spiro atoms. The Balaban J connectivity index is 1.80. The highest BCUT2D eigenvalue weighted by atomic mass is 16.5. The van der Waals surface area contributed by atoms with E-state index in [9.17, 15) is 9.59 Å². The number of fused-ring (bicyclic) bond motifs is 2. The van der Waals surface area contributed by atoms with E-state index in [1.54, 1.807) is 5.57 Å². The van der Waals surface area contributed by atoms with E-state index in [1.807, 2.05) is 0 Å². The second kappa shape index (κ2) is 4.34. The minimum atomic E-state index is -0.631. The van der Waals surface area contributed by atoms with Gasteiger partial charge in [-0.05, 0) is 55.3 Å². The second-order valence-corrected chi connectivity index (χ2v) is 7.15. The lowest BCUT2D eigenvalue weighted by atomic mass is 9.59. The maximum atomic E-state index is 12.7. The summed E-state index contributed by atoms with van der Waals surface area (Å²) >= 11 is 0. The van der Waals surface area contributed by atoms with Crippen molar-refractivity contribution >= 4 is 11.9 Å². The fourth-order valence-corrected chi connectivity index (χ4v) is 6.32. The lowest BCUT2D eigenvalue weighted by Crippen LogP contribution is -2.48. The predicted molar refractivity (Wildman–Crippen MR) is 75.1 cm³/mol. The van der Waals surface area contributed by atoms with E-state index in [-0.39, 0.29) is 24.3 Å². The maximum Gasteiger partial charge on any atom is 0.312 e. The van der Waals surface area contributed by atoms with E-state index in [0.29, 0.717) is 23.7 Å². The van der Waals surface area contributed by atoms with Crippen LogP contribution in [0, 0.1) is 35.0 Å². The van der Waals surface area contributed by atoms with E-state index in [4.69, 9.17) is 9.47 Å². The van der Waals surface area contributed by atoms with Gasteiger partial charge < -0.3 is 9.47 Å². The molecule has 2 bridgehead atoms. The first-order valence-electron chi connectivity index (χ1n) is 7.97. The zero-order chi connectivity index (χ0) is 14.8. The van der Waals surface area contributed by atoms with Crippen molar-refractivity contribution in [1.29, 1.82) is 0 Å². The molecule has 4 aliphatic carbocycles. The molecular formula is C17H22O4. The number of hydrogen-bond donors (Lipinski definition) is 0. The molecule has 3 saturated carbocycles. The number of rotatable bonds is 3.